The Balaban J connectivity index is 0.824. The number of benzene rings is 2. The van der Waals surface area contributed by atoms with Crippen LogP contribution in [0.3, 0.4) is 0 Å². The molecule has 0 bridgehead atoms. The van der Waals surface area contributed by atoms with Gasteiger partial charge in [-0.25, -0.2) is 0 Å². The molecule has 2 unspecified atom stereocenters. The Labute approximate surface area is 337 Å². The molecule has 4 aliphatic rings. The number of aliphatic hydroxyl groups is 1. The fourth-order valence-corrected chi connectivity index (χ4v) is 8.25. The molecular formula is C43H51N7O8. The molecule has 0 aliphatic carbocycles. The van der Waals surface area contributed by atoms with E-state index < -0.39 is 35.9 Å². The van der Waals surface area contributed by atoms with E-state index in [1.54, 1.807) is 49.7 Å². The molecule has 2 aromatic carbocycles. The molecule has 4 aliphatic heterocycles. The van der Waals surface area contributed by atoms with Crippen molar-refractivity contribution in [1.29, 1.82) is 0 Å². The minimum Gasteiger partial charge on any atom is -0.496 e. The highest BCUT2D eigenvalue weighted by molar-refractivity contribution is 6.25. The number of hydrogen-bond donors (Lipinski definition) is 4. The van der Waals surface area contributed by atoms with Crippen molar-refractivity contribution in [2.45, 2.75) is 82.6 Å². The normalized spacial score (nSPS) is 20.2. The highest BCUT2D eigenvalue weighted by Gasteiger charge is 2.45. The van der Waals surface area contributed by atoms with Crippen LogP contribution in [0.2, 0.25) is 0 Å². The third kappa shape index (κ3) is 8.14. The van der Waals surface area contributed by atoms with Crippen LogP contribution in [0.15, 0.2) is 55.0 Å². The first-order valence-corrected chi connectivity index (χ1v) is 20.0. The number of aromatic nitrogens is 1. The molecule has 58 heavy (non-hydrogen) atoms. The van der Waals surface area contributed by atoms with Crippen LogP contribution in [-0.4, -0.2) is 107 Å². The highest BCUT2D eigenvalue weighted by atomic mass is 16.5. The number of piperidine rings is 1. The first kappa shape index (κ1) is 40.4. The molecule has 306 valence electrons. The zero-order valence-electron chi connectivity index (χ0n) is 33.2. The van der Waals surface area contributed by atoms with Gasteiger partial charge in [-0.05, 0) is 67.1 Å². The lowest BCUT2D eigenvalue weighted by molar-refractivity contribution is -0.136. The van der Waals surface area contributed by atoms with E-state index >= 15 is 0 Å². The minimum atomic E-state index is -0.993. The Hall–Kier alpha value is -5.80. The van der Waals surface area contributed by atoms with Gasteiger partial charge in [-0.2, -0.15) is 0 Å². The minimum absolute atomic E-state index is 0.0267. The van der Waals surface area contributed by atoms with Gasteiger partial charge in [-0.1, -0.05) is 31.7 Å². The smallest absolute Gasteiger partial charge is 0.264 e. The van der Waals surface area contributed by atoms with Gasteiger partial charge in [-0.15, -0.1) is 0 Å². The maximum atomic E-state index is 13.3. The number of imide groups is 2. The van der Waals surface area contributed by atoms with Gasteiger partial charge in [0.05, 0.1) is 37.0 Å². The SMILES string of the molecule is COc1cc(C2=CN(C)C(O)c3cnccc32)cc(OC)c1CN1CC[C@H]1C(=O)NCCCCCCCCNc1cccc2c1C(=O)N(C1CCC(=O)NC1=O)C2=O. The third-order valence-corrected chi connectivity index (χ3v) is 11.5. The van der Waals surface area contributed by atoms with Crippen molar-refractivity contribution in [2.24, 2.45) is 0 Å². The van der Waals surface area contributed by atoms with Gasteiger partial charge in [-0.3, -0.25) is 44.1 Å². The lowest BCUT2D eigenvalue weighted by Gasteiger charge is -2.40. The lowest BCUT2D eigenvalue weighted by Crippen LogP contribution is -2.55. The summed E-state index contributed by atoms with van der Waals surface area (Å²) >= 11 is 0. The largest absolute Gasteiger partial charge is 0.496 e. The maximum Gasteiger partial charge on any atom is 0.264 e. The molecule has 5 heterocycles. The van der Waals surface area contributed by atoms with E-state index in [0.29, 0.717) is 36.8 Å². The standard InChI is InChI=1S/C43H51N7O8/c1-48-24-30(27-15-19-44-23-29(27)41(48)54)26-21-35(57-2)31(36(22-26)58-3)25-49-20-16-33(49)39(52)46-18-9-7-5-4-6-8-17-45-32-12-10-11-28-38(32)43(56)50(42(28)55)34-13-14-37(51)47-40(34)53/h10-12,15,19,21-24,33-34,41,45,54H,4-9,13-14,16-18,20,25H2,1-3H3,(H,46,52)(H,47,51,53)/t33-,34?,41?/m0/s1. The topological polar surface area (TPSA) is 183 Å². The number of ether oxygens (including phenoxy) is 2. The van der Waals surface area contributed by atoms with Crippen LogP contribution in [0.25, 0.3) is 5.57 Å². The van der Waals surface area contributed by atoms with E-state index in [-0.39, 0.29) is 35.9 Å². The molecule has 3 atom stereocenters. The lowest BCUT2D eigenvalue weighted by atomic mass is 9.91. The molecule has 3 aromatic rings. The number of amides is 5. The van der Waals surface area contributed by atoms with Crippen LogP contribution in [0, 0.1) is 0 Å². The average Bonchev–Trinajstić information content (AvgIpc) is 3.47. The first-order chi connectivity index (χ1) is 28.1. The number of methoxy groups -OCH3 is 2. The molecule has 2 fully saturated rings. The second-order valence-corrected chi connectivity index (χ2v) is 15.2. The summed E-state index contributed by atoms with van der Waals surface area (Å²) in [5.74, 6) is -0.713. The monoisotopic (exact) mass is 793 g/mol. The molecule has 0 saturated carbocycles. The van der Waals surface area contributed by atoms with E-state index in [9.17, 15) is 29.1 Å². The molecule has 0 spiro atoms. The van der Waals surface area contributed by atoms with Crippen LogP contribution < -0.4 is 25.4 Å². The number of nitrogens with one attached hydrogen (secondary N) is 3. The Kier molecular flexibility index (Phi) is 12.4. The Bertz CT molecular complexity index is 2100. The average molecular weight is 794 g/mol. The van der Waals surface area contributed by atoms with Crippen LogP contribution in [0.4, 0.5) is 5.69 Å². The maximum absolute atomic E-state index is 13.3. The van der Waals surface area contributed by atoms with Gasteiger partial charge in [0.15, 0.2) is 6.23 Å². The first-order valence-electron chi connectivity index (χ1n) is 20.0. The molecular weight excluding hydrogens is 743 g/mol. The van der Waals surface area contributed by atoms with Gasteiger partial charge < -0.3 is 30.1 Å². The Morgan fingerprint density at radius 2 is 1.66 bits per heavy atom. The van der Waals surface area contributed by atoms with Crippen LogP contribution in [0.5, 0.6) is 11.5 Å². The van der Waals surface area contributed by atoms with Crippen molar-refractivity contribution in [3.05, 3.63) is 88.4 Å². The molecule has 7 rings (SSSR count). The number of anilines is 1. The quantitative estimate of drug-likeness (QED) is 0.114. The van der Waals surface area contributed by atoms with Crippen molar-refractivity contribution < 1.29 is 38.6 Å². The fraction of sp³-hybridized carbons (Fsp3) is 0.442. The molecule has 2 saturated heterocycles. The van der Waals surface area contributed by atoms with Crippen molar-refractivity contribution in [3.8, 4) is 11.5 Å². The Morgan fingerprint density at radius 3 is 2.34 bits per heavy atom. The van der Waals surface area contributed by atoms with E-state index in [0.717, 1.165) is 84.2 Å². The van der Waals surface area contributed by atoms with Crippen molar-refractivity contribution in [1.82, 2.24) is 30.3 Å². The van der Waals surface area contributed by atoms with Crippen molar-refractivity contribution >= 4 is 40.8 Å². The number of unbranched alkanes of at least 4 members (excludes halogenated alkanes) is 5. The number of carbonyl (C=O) groups excluding carboxylic acids is 5. The molecule has 15 heteroatoms. The number of aliphatic hydroxyl groups excluding tert-OH is 1. The predicted octanol–water partition coefficient (Wildman–Crippen LogP) is 3.97. The number of carbonyl (C=O) groups is 5. The summed E-state index contributed by atoms with van der Waals surface area (Å²) in [6.07, 6.45) is 11.3. The summed E-state index contributed by atoms with van der Waals surface area (Å²) in [7, 11) is 5.08. The van der Waals surface area contributed by atoms with Crippen molar-refractivity contribution in [3.63, 3.8) is 0 Å². The second kappa shape index (κ2) is 17.8. The molecule has 4 N–H and O–H groups in total. The fourth-order valence-electron chi connectivity index (χ4n) is 8.25. The number of hydrogen-bond acceptors (Lipinski definition) is 12. The predicted molar refractivity (Wildman–Crippen MR) is 215 cm³/mol. The zero-order valence-corrected chi connectivity index (χ0v) is 33.2. The summed E-state index contributed by atoms with van der Waals surface area (Å²) in [4.78, 5) is 72.6. The van der Waals surface area contributed by atoms with E-state index in [2.05, 4.69) is 25.8 Å². The third-order valence-electron chi connectivity index (χ3n) is 11.5. The summed E-state index contributed by atoms with van der Waals surface area (Å²) < 4.78 is 11.7. The molecule has 5 amide bonds. The summed E-state index contributed by atoms with van der Waals surface area (Å²) in [6, 6.07) is 9.70. The Morgan fingerprint density at radius 1 is 0.931 bits per heavy atom. The highest BCUT2D eigenvalue weighted by Crippen LogP contribution is 2.41. The van der Waals surface area contributed by atoms with Gasteiger partial charge in [0.1, 0.15) is 17.5 Å². The number of rotatable bonds is 17. The van der Waals surface area contributed by atoms with E-state index in [4.69, 9.17) is 9.47 Å². The van der Waals surface area contributed by atoms with Gasteiger partial charge in [0, 0.05) is 75.1 Å². The molecule has 0 radical (unpaired) electrons. The van der Waals surface area contributed by atoms with E-state index in [1.807, 2.05) is 31.4 Å². The van der Waals surface area contributed by atoms with Crippen LogP contribution >= 0.6 is 0 Å². The van der Waals surface area contributed by atoms with Gasteiger partial charge in [0.25, 0.3) is 11.8 Å². The number of nitrogens with zero attached hydrogens (tertiary/aromatic N) is 4. The summed E-state index contributed by atoms with van der Waals surface area (Å²) in [6.45, 7) is 2.53. The van der Waals surface area contributed by atoms with E-state index in [1.165, 1.54) is 0 Å². The van der Waals surface area contributed by atoms with Gasteiger partial charge in [0.2, 0.25) is 17.7 Å². The second-order valence-electron chi connectivity index (χ2n) is 15.2. The van der Waals surface area contributed by atoms with Gasteiger partial charge >= 0.3 is 0 Å². The molecule has 15 nitrogen and oxygen atoms in total. The van der Waals surface area contributed by atoms with Crippen molar-refractivity contribution in [2.75, 3.05) is 46.2 Å². The number of pyridine rings is 1. The zero-order chi connectivity index (χ0) is 40.9. The van der Waals surface area contributed by atoms with Crippen LogP contribution in [0.1, 0.15) is 107 Å². The summed E-state index contributed by atoms with van der Waals surface area (Å²) in [5, 5.41) is 19.4. The van der Waals surface area contributed by atoms with Crippen LogP contribution in [-0.2, 0) is 20.9 Å². The summed E-state index contributed by atoms with van der Waals surface area (Å²) in [5.41, 5.74) is 5.37. The number of likely N-dealkylation sites (tertiary alicyclic amines) is 1. The number of fused-ring (bicyclic) bond motifs is 2. The molecule has 1 aromatic heterocycles.